The number of oxazole rings is 1. The van der Waals surface area contributed by atoms with E-state index in [0.29, 0.717) is 11.3 Å². The Hall–Kier alpha value is -2.35. The number of halogens is 3. The van der Waals surface area contributed by atoms with Gasteiger partial charge in [0.25, 0.3) is 5.91 Å². The van der Waals surface area contributed by atoms with Crippen molar-refractivity contribution >= 4 is 5.91 Å². The number of carbonyl (C=O) groups excluding carboxylic acids is 1. The molecule has 1 aromatic heterocycles. The fraction of sp³-hybridized carbons (Fsp3) is 0.375. The Labute approximate surface area is 135 Å². The van der Waals surface area contributed by atoms with Gasteiger partial charge in [0.2, 0.25) is 0 Å². The van der Waals surface area contributed by atoms with Crippen LogP contribution < -0.4 is 0 Å². The Morgan fingerprint density at radius 2 is 2.17 bits per heavy atom. The van der Waals surface area contributed by atoms with Gasteiger partial charge in [0.05, 0.1) is 17.7 Å². The summed E-state index contributed by atoms with van der Waals surface area (Å²) in [5.74, 6) is -0.149. The molecular formula is C16H15F3N2O3. The molecule has 1 aliphatic rings. The average molecular weight is 340 g/mol. The highest BCUT2D eigenvalue weighted by atomic mass is 19.4. The molecule has 2 atom stereocenters. The highest BCUT2D eigenvalue weighted by Crippen LogP contribution is 2.36. The zero-order valence-electron chi connectivity index (χ0n) is 12.7. The minimum Gasteiger partial charge on any atom is -0.448 e. The molecule has 0 aliphatic carbocycles. The number of carbonyl (C=O) groups is 1. The minimum absolute atomic E-state index is 0.0338. The number of aryl methyl sites for hydroxylation is 1. The van der Waals surface area contributed by atoms with Gasteiger partial charge in [-0.1, -0.05) is 12.1 Å². The lowest BCUT2D eigenvalue weighted by molar-refractivity contribution is -0.137. The molecule has 1 N–H and O–H groups in total. The second kappa shape index (κ2) is 5.94. The van der Waals surface area contributed by atoms with E-state index in [1.807, 2.05) is 0 Å². The number of nitrogens with zero attached hydrogens (tertiary/aromatic N) is 2. The van der Waals surface area contributed by atoms with E-state index in [2.05, 4.69) is 4.98 Å². The summed E-state index contributed by atoms with van der Waals surface area (Å²) in [6.45, 7) is 1.61. The van der Waals surface area contributed by atoms with Gasteiger partial charge in [-0.15, -0.1) is 0 Å². The number of hydrogen-bond donors (Lipinski definition) is 1. The van der Waals surface area contributed by atoms with Gasteiger partial charge in [0, 0.05) is 6.54 Å². The fourth-order valence-electron chi connectivity index (χ4n) is 2.92. The first-order valence-electron chi connectivity index (χ1n) is 7.33. The molecule has 0 spiro atoms. The summed E-state index contributed by atoms with van der Waals surface area (Å²) in [5.41, 5.74) is -0.358. The van der Waals surface area contributed by atoms with Crippen molar-refractivity contribution in [1.29, 1.82) is 0 Å². The number of alkyl halides is 3. The van der Waals surface area contributed by atoms with Crippen molar-refractivity contribution in [3.05, 3.63) is 53.2 Å². The molecule has 8 heteroatoms. The number of β-amino-alcohol motifs (C(OH)–C–C–N with tert-alkyl or cyclic N) is 1. The van der Waals surface area contributed by atoms with Crippen LogP contribution in [0.1, 0.15) is 39.8 Å². The van der Waals surface area contributed by atoms with Gasteiger partial charge in [-0.25, -0.2) is 4.98 Å². The third-order valence-electron chi connectivity index (χ3n) is 4.09. The predicted molar refractivity (Wildman–Crippen MR) is 77.1 cm³/mol. The summed E-state index contributed by atoms with van der Waals surface area (Å²) >= 11 is 0. The Kier molecular flexibility index (Phi) is 4.08. The zero-order chi connectivity index (χ0) is 17.5. The second-order valence-electron chi connectivity index (χ2n) is 5.74. The monoisotopic (exact) mass is 340 g/mol. The van der Waals surface area contributed by atoms with E-state index >= 15 is 0 Å². The SMILES string of the molecule is Cc1ocnc1C(=O)N1CC(O)CC1c1cccc(C(F)(F)F)c1. The van der Waals surface area contributed by atoms with Gasteiger partial charge in [0.15, 0.2) is 12.1 Å². The fourth-order valence-corrected chi connectivity index (χ4v) is 2.92. The van der Waals surface area contributed by atoms with E-state index in [4.69, 9.17) is 4.42 Å². The van der Waals surface area contributed by atoms with Gasteiger partial charge >= 0.3 is 6.18 Å². The van der Waals surface area contributed by atoms with Crippen molar-refractivity contribution in [2.75, 3.05) is 6.54 Å². The first-order chi connectivity index (χ1) is 11.3. The van der Waals surface area contributed by atoms with Crippen LogP contribution in [0.15, 0.2) is 35.1 Å². The summed E-state index contributed by atoms with van der Waals surface area (Å²) in [6, 6.07) is 4.16. The standard InChI is InChI=1S/C16H15F3N2O3/c1-9-14(20-8-24-9)15(23)21-7-12(22)6-13(21)10-3-2-4-11(5-10)16(17,18)19/h2-5,8,12-13,22H,6-7H2,1H3. The van der Waals surface area contributed by atoms with Crippen LogP contribution in [0.4, 0.5) is 13.2 Å². The molecule has 2 aromatic rings. The van der Waals surface area contributed by atoms with Crippen molar-refractivity contribution in [2.24, 2.45) is 0 Å². The van der Waals surface area contributed by atoms with Crippen LogP contribution in [0, 0.1) is 6.92 Å². The maximum Gasteiger partial charge on any atom is 0.416 e. The molecule has 3 rings (SSSR count). The molecular weight excluding hydrogens is 325 g/mol. The summed E-state index contributed by atoms with van der Waals surface area (Å²) in [6.07, 6.45) is -3.97. The normalized spacial score (nSPS) is 21.3. The van der Waals surface area contributed by atoms with E-state index in [1.165, 1.54) is 17.0 Å². The summed E-state index contributed by atoms with van der Waals surface area (Å²) in [4.78, 5) is 17.8. The Bertz CT molecular complexity index is 757. The van der Waals surface area contributed by atoms with Crippen molar-refractivity contribution in [1.82, 2.24) is 9.88 Å². The van der Waals surface area contributed by atoms with E-state index in [0.717, 1.165) is 18.5 Å². The molecule has 0 saturated carbocycles. The van der Waals surface area contributed by atoms with Crippen LogP contribution in [0.3, 0.4) is 0 Å². The lowest BCUT2D eigenvalue weighted by Gasteiger charge is -2.24. The number of aliphatic hydroxyl groups is 1. The summed E-state index contributed by atoms with van der Waals surface area (Å²) < 4.78 is 43.7. The predicted octanol–water partition coefficient (Wildman–Crippen LogP) is 2.95. The minimum atomic E-state index is -4.47. The topological polar surface area (TPSA) is 66.6 Å². The number of amides is 1. The lowest BCUT2D eigenvalue weighted by Crippen LogP contribution is -2.32. The van der Waals surface area contributed by atoms with Gasteiger partial charge in [0.1, 0.15) is 5.76 Å². The van der Waals surface area contributed by atoms with Crippen LogP contribution >= 0.6 is 0 Å². The molecule has 128 valence electrons. The van der Waals surface area contributed by atoms with Crippen LogP contribution in [0.5, 0.6) is 0 Å². The smallest absolute Gasteiger partial charge is 0.416 e. The quantitative estimate of drug-likeness (QED) is 0.913. The van der Waals surface area contributed by atoms with Gasteiger partial charge in [-0.05, 0) is 31.0 Å². The number of benzene rings is 1. The third kappa shape index (κ3) is 3.01. The van der Waals surface area contributed by atoms with Crippen LogP contribution in [0.2, 0.25) is 0 Å². The van der Waals surface area contributed by atoms with Crippen LogP contribution in [-0.2, 0) is 6.18 Å². The molecule has 1 aromatic carbocycles. The molecule has 1 aliphatic heterocycles. The van der Waals surface area contributed by atoms with Crippen molar-refractivity contribution in [3.63, 3.8) is 0 Å². The molecule has 24 heavy (non-hydrogen) atoms. The largest absolute Gasteiger partial charge is 0.448 e. The van der Waals surface area contributed by atoms with Gasteiger partial charge in [-0.2, -0.15) is 13.2 Å². The molecule has 0 bridgehead atoms. The van der Waals surface area contributed by atoms with E-state index in [9.17, 15) is 23.1 Å². The summed E-state index contributed by atoms with van der Waals surface area (Å²) in [5, 5.41) is 9.92. The molecule has 5 nitrogen and oxygen atoms in total. The third-order valence-corrected chi connectivity index (χ3v) is 4.09. The maximum atomic E-state index is 12.9. The van der Waals surface area contributed by atoms with Crippen molar-refractivity contribution in [2.45, 2.75) is 31.7 Å². The van der Waals surface area contributed by atoms with Gasteiger partial charge in [-0.3, -0.25) is 4.79 Å². The Balaban J connectivity index is 1.94. The first-order valence-corrected chi connectivity index (χ1v) is 7.33. The van der Waals surface area contributed by atoms with E-state index in [-0.39, 0.29) is 18.7 Å². The number of rotatable bonds is 2. The van der Waals surface area contributed by atoms with Gasteiger partial charge < -0.3 is 14.4 Å². The second-order valence-corrected chi connectivity index (χ2v) is 5.74. The molecule has 1 amide bonds. The Morgan fingerprint density at radius 3 is 2.79 bits per heavy atom. The van der Waals surface area contributed by atoms with E-state index in [1.54, 1.807) is 6.92 Å². The molecule has 1 fully saturated rings. The number of aromatic nitrogens is 1. The van der Waals surface area contributed by atoms with E-state index < -0.39 is 29.8 Å². The van der Waals surface area contributed by atoms with Crippen molar-refractivity contribution < 1.29 is 27.5 Å². The molecule has 0 radical (unpaired) electrons. The van der Waals surface area contributed by atoms with Crippen molar-refractivity contribution in [3.8, 4) is 0 Å². The number of hydrogen-bond acceptors (Lipinski definition) is 4. The number of likely N-dealkylation sites (tertiary alicyclic amines) is 1. The maximum absolute atomic E-state index is 12.9. The highest BCUT2D eigenvalue weighted by Gasteiger charge is 2.38. The molecule has 2 unspecified atom stereocenters. The molecule has 2 heterocycles. The first kappa shape index (κ1) is 16.5. The zero-order valence-corrected chi connectivity index (χ0v) is 12.7. The Morgan fingerprint density at radius 1 is 1.42 bits per heavy atom. The molecule has 1 saturated heterocycles. The van der Waals surface area contributed by atoms with Crippen LogP contribution in [-0.4, -0.2) is 33.5 Å². The van der Waals surface area contributed by atoms with Crippen LogP contribution in [0.25, 0.3) is 0 Å². The summed E-state index contributed by atoms with van der Waals surface area (Å²) in [7, 11) is 0. The number of aliphatic hydroxyl groups excluding tert-OH is 1. The average Bonchev–Trinajstić information content (AvgIpc) is 3.12. The lowest BCUT2D eigenvalue weighted by atomic mass is 10.0. The highest BCUT2D eigenvalue weighted by molar-refractivity contribution is 5.93.